The Morgan fingerprint density at radius 3 is 2.38 bits per heavy atom. The minimum atomic E-state index is -0.712. The predicted molar refractivity (Wildman–Crippen MR) is 128 cm³/mol. The fourth-order valence-corrected chi connectivity index (χ4v) is 3.95. The third-order valence-electron chi connectivity index (χ3n) is 5.69. The van der Waals surface area contributed by atoms with Gasteiger partial charge < -0.3 is 15.3 Å². The minimum absolute atomic E-state index is 0.118. The topological polar surface area (TPSA) is 69.6 Å². The Morgan fingerprint density at radius 2 is 1.66 bits per heavy atom. The highest BCUT2D eigenvalue weighted by Gasteiger charge is 2.29. The lowest BCUT2D eigenvalue weighted by atomic mass is 9.99. The summed E-state index contributed by atoms with van der Waals surface area (Å²) in [5, 5.41) is 14.6. The van der Waals surface area contributed by atoms with Crippen LogP contribution in [0.15, 0.2) is 66.7 Å². The molecule has 5 heteroatoms. The molecule has 3 rings (SSSR count). The molecule has 0 spiro atoms. The SMILES string of the molecule is CCCCCCN(C(C)=O)C(C(=O)NCc1ccccc1)c1ccc2cc(O)ccc2c1. The zero-order valence-corrected chi connectivity index (χ0v) is 18.9. The van der Waals surface area contributed by atoms with Gasteiger partial charge in [-0.25, -0.2) is 0 Å². The van der Waals surface area contributed by atoms with E-state index < -0.39 is 6.04 Å². The summed E-state index contributed by atoms with van der Waals surface area (Å²) in [6.07, 6.45) is 4.10. The highest BCUT2D eigenvalue weighted by Crippen LogP contribution is 2.28. The first kappa shape index (κ1) is 23.3. The number of carbonyl (C=O) groups is 2. The van der Waals surface area contributed by atoms with E-state index >= 15 is 0 Å². The van der Waals surface area contributed by atoms with Gasteiger partial charge in [-0.1, -0.05) is 74.7 Å². The van der Waals surface area contributed by atoms with Crippen molar-refractivity contribution in [3.05, 3.63) is 77.9 Å². The second-order valence-corrected chi connectivity index (χ2v) is 8.17. The first-order chi connectivity index (χ1) is 15.5. The molecule has 0 saturated heterocycles. The van der Waals surface area contributed by atoms with Crippen LogP contribution in [0.5, 0.6) is 5.75 Å². The van der Waals surface area contributed by atoms with E-state index in [1.54, 1.807) is 17.0 Å². The molecule has 0 aliphatic heterocycles. The molecule has 0 aromatic heterocycles. The molecule has 0 bridgehead atoms. The number of nitrogens with one attached hydrogen (secondary N) is 1. The Balaban J connectivity index is 1.90. The summed E-state index contributed by atoms with van der Waals surface area (Å²) in [5.41, 5.74) is 1.77. The molecule has 0 heterocycles. The number of phenols is 1. The van der Waals surface area contributed by atoms with E-state index in [9.17, 15) is 14.7 Å². The smallest absolute Gasteiger partial charge is 0.247 e. The summed E-state index contributed by atoms with van der Waals surface area (Å²) in [6, 6.07) is 19.9. The van der Waals surface area contributed by atoms with E-state index in [0.29, 0.717) is 13.1 Å². The predicted octanol–water partition coefficient (Wildman–Crippen LogP) is 5.33. The molecule has 1 unspecified atom stereocenters. The Labute approximate surface area is 190 Å². The number of hydrogen-bond acceptors (Lipinski definition) is 3. The number of rotatable bonds is 10. The Hall–Kier alpha value is -3.34. The van der Waals surface area contributed by atoms with Gasteiger partial charge in [-0.2, -0.15) is 0 Å². The van der Waals surface area contributed by atoms with E-state index in [1.807, 2.05) is 54.6 Å². The van der Waals surface area contributed by atoms with E-state index in [4.69, 9.17) is 0 Å². The first-order valence-electron chi connectivity index (χ1n) is 11.3. The number of phenolic OH excluding ortho intramolecular Hbond substituents is 1. The Bertz CT molecular complexity index is 1050. The molecular weight excluding hydrogens is 400 g/mol. The lowest BCUT2D eigenvalue weighted by Crippen LogP contribution is -2.43. The quantitative estimate of drug-likeness (QED) is 0.425. The van der Waals surface area contributed by atoms with Crippen LogP contribution in [0.1, 0.15) is 56.7 Å². The van der Waals surface area contributed by atoms with Gasteiger partial charge in [-0.15, -0.1) is 0 Å². The van der Waals surface area contributed by atoms with Gasteiger partial charge in [0.05, 0.1) is 0 Å². The summed E-state index contributed by atoms with van der Waals surface area (Å²) in [4.78, 5) is 27.7. The van der Waals surface area contributed by atoms with Crippen LogP contribution in [0.4, 0.5) is 0 Å². The second-order valence-electron chi connectivity index (χ2n) is 8.17. The van der Waals surface area contributed by atoms with Crippen molar-refractivity contribution in [3.8, 4) is 5.75 Å². The molecule has 168 valence electrons. The average Bonchev–Trinajstić information content (AvgIpc) is 2.80. The van der Waals surface area contributed by atoms with Gasteiger partial charge in [0.15, 0.2) is 0 Å². The maximum absolute atomic E-state index is 13.4. The molecule has 3 aromatic carbocycles. The van der Waals surface area contributed by atoms with Crippen molar-refractivity contribution in [3.63, 3.8) is 0 Å². The third kappa shape index (κ3) is 6.10. The van der Waals surface area contributed by atoms with Gasteiger partial charge in [0, 0.05) is 20.0 Å². The average molecular weight is 433 g/mol. The molecule has 1 atom stereocenters. The molecule has 2 N–H and O–H groups in total. The van der Waals surface area contributed by atoms with Gasteiger partial charge >= 0.3 is 0 Å². The maximum atomic E-state index is 13.4. The van der Waals surface area contributed by atoms with Crippen molar-refractivity contribution in [2.24, 2.45) is 0 Å². The van der Waals surface area contributed by atoms with Crippen molar-refractivity contribution in [1.29, 1.82) is 0 Å². The third-order valence-corrected chi connectivity index (χ3v) is 5.69. The number of fused-ring (bicyclic) bond motifs is 1. The van der Waals surface area contributed by atoms with Gasteiger partial charge in [0.25, 0.3) is 0 Å². The highest BCUT2D eigenvalue weighted by molar-refractivity contribution is 5.90. The number of benzene rings is 3. The van der Waals surface area contributed by atoms with Crippen molar-refractivity contribution in [2.75, 3.05) is 6.54 Å². The minimum Gasteiger partial charge on any atom is -0.508 e. The van der Waals surface area contributed by atoms with Crippen LogP contribution < -0.4 is 5.32 Å². The van der Waals surface area contributed by atoms with E-state index in [1.165, 1.54) is 6.92 Å². The number of unbranched alkanes of at least 4 members (excludes halogenated alkanes) is 3. The van der Waals surface area contributed by atoms with Crippen LogP contribution in [-0.2, 0) is 16.1 Å². The van der Waals surface area contributed by atoms with E-state index in [-0.39, 0.29) is 17.6 Å². The monoisotopic (exact) mass is 432 g/mol. The van der Waals surface area contributed by atoms with Crippen molar-refractivity contribution >= 4 is 22.6 Å². The Morgan fingerprint density at radius 1 is 0.938 bits per heavy atom. The van der Waals surface area contributed by atoms with Crippen LogP contribution in [0.25, 0.3) is 10.8 Å². The molecule has 3 aromatic rings. The van der Waals surface area contributed by atoms with Gasteiger partial charge in [-0.3, -0.25) is 9.59 Å². The summed E-state index contributed by atoms with van der Waals surface area (Å²) in [6.45, 7) is 4.61. The van der Waals surface area contributed by atoms with Crippen LogP contribution in [0.3, 0.4) is 0 Å². The second kappa shape index (κ2) is 11.3. The Kier molecular flexibility index (Phi) is 8.26. The molecular formula is C27H32N2O3. The molecule has 32 heavy (non-hydrogen) atoms. The maximum Gasteiger partial charge on any atom is 0.247 e. The van der Waals surface area contributed by atoms with Crippen molar-refractivity contribution in [1.82, 2.24) is 10.2 Å². The summed E-state index contributed by atoms with van der Waals surface area (Å²) in [5.74, 6) is -0.117. The van der Waals surface area contributed by atoms with Crippen molar-refractivity contribution < 1.29 is 14.7 Å². The molecule has 0 aliphatic rings. The zero-order valence-electron chi connectivity index (χ0n) is 18.9. The molecule has 0 radical (unpaired) electrons. The van der Waals surface area contributed by atoms with Crippen LogP contribution in [0, 0.1) is 0 Å². The molecule has 0 aliphatic carbocycles. The summed E-state index contributed by atoms with van der Waals surface area (Å²) >= 11 is 0. The molecule has 0 fully saturated rings. The molecule has 5 nitrogen and oxygen atoms in total. The molecule has 2 amide bonds. The summed E-state index contributed by atoms with van der Waals surface area (Å²) in [7, 11) is 0. The lowest BCUT2D eigenvalue weighted by molar-refractivity contribution is -0.139. The molecule has 0 saturated carbocycles. The number of aromatic hydroxyl groups is 1. The number of amides is 2. The van der Waals surface area contributed by atoms with E-state index in [0.717, 1.165) is 47.6 Å². The van der Waals surface area contributed by atoms with E-state index in [2.05, 4.69) is 12.2 Å². The van der Waals surface area contributed by atoms with Gasteiger partial charge in [0.1, 0.15) is 11.8 Å². The largest absolute Gasteiger partial charge is 0.508 e. The first-order valence-corrected chi connectivity index (χ1v) is 11.3. The van der Waals surface area contributed by atoms with Crippen LogP contribution >= 0.6 is 0 Å². The standard InChI is InChI=1S/C27H32N2O3/c1-3-4-5-9-16-29(20(2)30)26(27(32)28-19-21-10-7-6-8-11-21)24-13-12-23-18-25(31)15-14-22(23)17-24/h6-8,10-15,17-18,26,31H,3-5,9,16,19H2,1-2H3,(H,28,32). The zero-order chi connectivity index (χ0) is 22.9. The number of nitrogens with zero attached hydrogens (tertiary/aromatic N) is 1. The van der Waals surface area contributed by atoms with Crippen LogP contribution in [-0.4, -0.2) is 28.4 Å². The fraction of sp³-hybridized carbons (Fsp3) is 0.333. The lowest BCUT2D eigenvalue weighted by Gasteiger charge is -2.31. The van der Waals surface area contributed by atoms with Gasteiger partial charge in [0.2, 0.25) is 11.8 Å². The number of hydrogen-bond donors (Lipinski definition) is 2. The normalized spacial score (nSPS) is 11.8. The van der Waals surface area contributed by atoms with Crippen molar-refractivity contribution in [2.45, 2.75) is 52.1 Å². The summed E-state index contributed by atoms with van der Waals surface area (Å²) < 4.78 is 0. The van der Waals surface area contributed by atoms with Crippen LogP contribution in [0.2, 0.25) is 0 Å². The van der Waals surface area contributed by atoms with Gasteiger partial charge in [-0.05, 0) is 46.5 Å². The highest BCUT2D eigenvalue weighted by atomic mass is 16.3. The fourth-order valence-electron chi connectivity index (χ4n) is 3.95. The number of carbonyl (C=O) groups excluding carboxylic acids is 2.